The van der Waals surface area contributed by atoms with Gasteiger partial charge < -0.3 is 46.6 Å². The number of carbonyl (C=O) groups excluding carboxylic acids is 2. The first-order valence-corrected chi connectivity index (χ1v) is 30.5. The van der Waals surface area contributed by atoms with Gasteiger partial charge in [0, 0.05) is 61.2 Å². The van der Waals surface area contributed by atoms with Crippen molar-refractivity contribution in [3.63, 3.8) is 0 Å². The van der Waals surface area contributed by atoms with E-state index in [1.54, 1.807) is 0 Å². The lowest BCUT2D eigenvalue weighted by Gasteiger charge is -2.74. The maximum atomic E-state index is 16.0. The number of epoxide rings is 1. The molecule has 0 spiro atoms. The van der Waals surface area contributed by atoms with E-state index in [1.807, 2.05) is 38.2 Å². The Morgan fingerprint density at radius 2 is 1.66 bits per heavy atom. The van der Waals surface area contributed by atoms with Crippen molar-refractivity contribution in [3.8, 4) is 5.75 Å². The number of aliphatic hydroxyl groups excluding tert-OH is 3. The number of carbonyl (C=O) groups is 2. The summed E-state index contributed by atoms with van der Waals surface area (Å²) in [6.45, 7) is 9.93. The molecule has 9 N–H and O–H groups in total. The molecule has 8 fully saturated rings. The Morgan fingerprint density at radius 1 is 0.882 bits per heavy atom. The van der Waals surface area contributed by atoms with E-state index in [1.165, 1.54) is 11.1 Å². The highest BCUT2D eigenvalue weighted by Crippen LogP contribution is 2.79. The number of nitrogen functional groups attached to an aromatic ring is 1. The van der Waals surface area contributed by atoms with E-state index in [0.29, 0.717) is 63.5 Å². The number of Topliss-reactive ketones (excluding diaryl/α,β-unsaturated/α-hetero) is 2. The normalized spacial score (nSPS) is 42.6. The first-order valence-electron chi connectivity index (χ1n) is 30.5. The van der Waals surface area contributed by atoms with Gasteiger partial charge in [-0.2, -0.15) is 0 Å². The molecule has 76 heavy (non-hydrogen) atoms. The Bertz CT molecular complexity index is 2520. The summed E-state index contributed by atoms with van der Waals surface area (Å²) in [4.78, 5) is 31.9. The van der Waals surface area contributed by atoms with Crippen molar-refractivity contribution in [2.75, 3.05) is 32.5 Å². The fourth-order valence-electron chi connectivity index (χ4n) is 20.7. The number of anilines is 1. The van der Waals surface area contributed by atoms with E-state index in [-0.39, 0.29) is 83.6 Å². The third-order valence-electron chi connectivity index (χ3n) is 23.8. The number of aromatic hydroxyl groups is 1. The number of phenols is 1. The van der Waals surface area contributed by atoms with Gasteiger partial charge >= 0.3 is 0 Å². The Hall–Kier alpha value is -3.16. The summed E-state index contributed by atoms with van der Waals surface area (Å²) in [6.07, 6.45) is 17.5. The van der Waals surface area contributed by atoms with Crippen LogP contribution in [0.15, 0.2) is 53.6 Å². The third-order valence-corrected chi connectivity index (χ3v) is 23.8. The zero-order valence-electron chi connectivity index (χ0n) is 46.9. The van der Waals surface area contributed by atoms with E-state index in [4.69, 9.17) is 10.5 Å². The molecule has 11 heteroatoms. The fourth-order valence-corrected chi connectivity index (χ4v) is 20.7. The van der Waals surface area contributed by atoms with Gasteiger partial charge in [-0.3, -0.25) is 9.59 Å². The number of ketones is 2. The lowest BCUT2D eigenvalue weighted by atomic mass is 9.30. The van der Waals surface area contributed by atoms with Crippen LogP contribution in [0.1, 0.15) is 197 Å². The van der Waals surface area contributed by atoms with Crippen molar-refractivity contribution in [2.45, 2.75) is 217 Å². The Morgan fingerprint density at radius 3 is 2.41 bits per heavy atom. The van der Waals surface area contributed by atoms with Crippen molar-refractivity contribution in [2.24, 2.45) is 63.1 Å². The molecule has 2 aliphatic heterocycles. The van der Waals surface area contributed by atoms with Crippen LogP contribution >= 0.6 is 0 Å². The van der Waals surface area contributed by atoms with Crippen LogP contribution in [0.25, 0.3) is 0 Å². The molecular weight excluding hydrogens is 951 g/mol. The lowest BCUT2D eigenvalue weighted by molar-refractivity contribution is -0.231. The van der Waals surface area contributed by atoms with Crippen LogP contribution in [0, 0.1) is 63.1 Å². The highest BCUT2D eigenvalue weighted by Gasteiger charge is 2.76. The smallest absolute Gasteiger partial charge is 0.160 e. The maximum Gasteiger partial charge on any atom is 0.160 e. The van der Waals surface area contributed by atoms with Gasteiger partial charge in [0.15, 0.2) is 5.78 Å². The van der Waals surface area contributed by atoms with Crippen molar-refractivity contribution < 1.29 is 39.9 Å². The highest BCUT2D eigenvalue weighted by molar-refractivity contribution is 6.01. The summed E-state index contributed by atoms with van der Waals surface area (Å²) in [7, 11) is 1.91. The Kier molecular flexibility index (Phi) is 14.9. The third kappa shape index (κ3) is 9.01. The summed E-state index contributed by atoms with van der Waals surface area (Å²) in [6, 6.07) is 13.9. The van der Waals surface area contributed by atoms with Gasteiger partial charge in [-0.1, -0.05) is 76.1 Å². The van der Waals surface area contributed by atoms with Gasteiger partial charge in [0.05, 0.1) is 17.3 Å². The molecule has 0 bridgehead atoms. The number of allylic oxidation sites excluding steroid dienone is 2. The van der Waals surface area contributed by atoms with Gasteiger partial charge in [0.1, 0.15) is 17.6 Å². The summed E-state index contributed by atoms with van der Waals surface area (Å²) in [5.74, 6) is 1.25. The molecular formula is C65H95N3O8. The standard InChI is InChI=1S/C65H95N3O8/c1-60(75)23-8-9-24-61(2)57-52(68-38-60)34-64(25-26-69)55(65(57,44-16-6-7-17-44)33-49(58(61)74)43-28-40(36-67-5)29-46(71)31-43)22-21-51-56(54(73)35-62(51,64)3)48(41-14-10-13-39(27-41)37-70)32-53(72)59-63(4,76-59)50-20-12-19-47(50)42-15-11-18-45(66)30-42/h11,15,18,28-31,39,41,44,47-50,52-53,55,57,59,67-72,75H,6-10,12-14,16-17,19-27,32-38,66H2,1-5H3. The van der Waals surface area contributed by atoms with Crippen molar-refractivity contribution in [1.82, 2.24) is 10.6 Å². The summed E-state index contributed by atoms with van der Waals surface area (Å²) >= 11 is 0. The van der Waals surface area contributed by atoms with Crippen LogP contribution in [0.2, 0.25) is 0 Å². The minimum atomic E-state index is -0.939. The molecule has 17 unspecified atom stereocenters. The quantitative estimate of drug-likeness (QED) is 0.0662. The lowest BCUT2D eigenvalue weighted by Crippen LogP contribution is -2.73. The molecule has 418 valence electrons. The van der Waals surface area contributed by atoms with Crippen molar-refractivity contribution in [3.05, 3.63) is 70.3 Å². The number of aliphatic hydroxyl groups is 4. The predicted octanol–water partition coefficient (Wildman–Crippen LogP) is 10.2. The van der Waals surface area contributed by atoms with E-state index >= 15 is 9.59 Å². The zero-order valence-corrected chi connectivity index (χ0v) is 46.9. The van der Waals surface area contributed by atoms with Crippen LogP contribution in [0.3, 0.4) is 0 Å². The molecule has 0 radical (unpaired) electrons. The Labute approximate surface area is 454 Å². The second-order valence-electron chi connectivity index (χ2n) is 27.9. The summed E-state index contributed by atoms with van der Waals surface area (Å²) in [5.41, 5.74) is 8.74. The second kappa shape index (κ2) is 20.7. The summed E-state index contributed by atoms with van der Waals surface area (Å²) in [5, 5.41) is 66.0. The molecule has 0 aromatic heterocycles. The number of rotatable bonds is 14. The number of β-amino-alcohol motifs (C(OH)–C–C–N with tert-alkyl or cyclic N) is 1. The molecule has 6 saturated carbocycles. The Balaban J connectivity index is 1.03. The second-order valence-corrected chi connectivity index (χ2v) is 27.9. The molecule has 2 aromatic rings. The largest absolute Gasteiger partial charge is 0.508 e. The van der Waals surface area contributed by atoms with Crippen LogP contribution in [-0.4, -0.2) is 93.4 Å². The number of benzene rings is 2. The number of fused-ring (bicyclic) bond motifs is 4. The summed E-state index contributed by atoms with van der Waals surface area (Å²) < 4.78 is 6.76. The monoisotopic (exact) mass is 1050 g/mol. The molecule has 0 amide bonds. The van der Waals surface area contributed by atoms with Gasteiger partial charge in [0.2, 0.25) is 0 Å². The molecule has 2 aromatic carbocycles. The molecule has 7 aliphatic carbocycles. The number of hydrogen-bond acceptors (Lipinski definition) is 11. The van der Waals surface area contributed by atoms with Crippen molar-refractivity contribution >= 4 is 17.3 Å². The van der Waals surface area contributed by atoms with E-state index < -0.39 is 39.5 Å². The minimum absolute atomic E-state index is 0.0173. The molecule has 11 rings (SSSR count). The SMILES string of the molecule is CNCc1cc(O)cc(C2CC3(C4CCCC4)C4C(CC5(CCO)C3CCC3=C(C(CC(O)C6OC6(C)C6CCCC6c6cccc(N)c6)C6CCCC(CO)C6)C(=O)CC35C)NCC(C)(O)CCCCC4(C)C2=O)c1. The molecule has 2 saturated heterocycles. The number of phenolic OH excluding ortho intramolecular Hbond substituents is 1. The van der Waals surface area contributed by atoms with Gasteiger partial charge in [-0.15, -0.1) is 0 Å². The maximum absolute atomic E-state index is 16.0. The zero-order chi connectivity index (χ0) is 53.6. The number of nitrogens with two attached hydrogens (primary N) is 1. The first-order chi connectivity index (χ1) is 36.4. The minimum Gasteiger partial charge on any atom is -0.508 e. The predicted molar refractivity (Wildman–Crippen MR) is 297 cm³/mol. The average molecular weight is 1050 g/mol. The van der Waals surface area contributed by atoms with Gasteiger partial charge in [0.25, 0.3) is 0 Å². The molecule has 17 atom stereocenters. The van der Waals surface area contributed by atoms with E-state index in [0.717, 1.165) is 125 Å². The van der Waals surface area contributed by atoms with Crippen LogP contribution in [0.4, 0.5) is 5.69 Å². The van der Waals surface area contributed by atoms with Crippen LogP contribution < -0.4 is 16.4 Å². The fraction of sp³-hybridized carbons (Fsp3) is 0.754. The molecule has 11 nitrogen and oxygen atoms in total. The number of ether oxygens (including phenoxy) is 1. The van der Waals surface area contributed by atoms with Gasteiger partial charge in [-0.05, 0) is 222 Å². The van der Waals surface area contributed by atoms with E-state index in [9.17, 15) is 25.5 Å². The van der Waals surface area contributed by atoms with Crippen LogP contribution in [0.5, 0.6) is 5.75 Å². The van der Waals surface area contributed by atoms with Gasteiger partial charge in [-0.25, -0.2) is 0 Å². The topological polar surface area (TPSA) is 198 Å². The first kappa shape index (κ1) is 54.8. The highest BCUT2D eigenvalue weighted by atomic mass is 16.6. The van der Waals surface area contributed by atoms with Crippen LogP contribution in [-0.2, 0) is 20.9 Å². The van der Waals surface area contributed by atoms with E-state index in [2.05, 4.69) is 49.6 Å². The number of hydrogen-bond donors (Lipinski definition) is 8. The molecule has 2 heterocycles. The number of nitrogens with one attached hydrogen (secondary N) is 2. The average Bonchev–Trinajstić information content (AvgIpc) is 3.92. The van der Waals surface area contributed by atoms with Crippen molar-refractivity contribution in [1.29, 1.82) is 0 Å². The molecule has 9 aliphatic rings.